The number of aryl methyl sites for hydroxylation is 1. The van der Waals surface area contributed by atoms with Gasteiger partial charge in [0.15, 0.2) is 0 Å². The maximum absolute atomic E-state index is 11.9. The molecule has 0 saturated heterocycles. The first-order valence-corrected chi connectivity index (χ1v) is 8.42. The Balaban J connectivity index is 2.47. The summed E-state index contributed by atoms with van der Waals surface area (Å²) in [4.78, 5) is 16.1. The Hall–Kier alpha value is -1.56. The van der Waals surface area contributed by atoms with Crippen molar-refractivity contribution in [1.82, 2.24) is 20.2 Å². The number of aromatic nitrogens is 2. The molecule has 2 N–H and O–H groups in total. The second-order valence-corrected chi connectivity index (χ2v) is 7.21. The largest absolute Gasteiger partial charge is 0.444 e. The van der Waals surface area contributed by atoms with Crippen molar-refractivity contribution in [2.24, 2.45) is 5.92 Å². The van der Waals surface area contributed by atoms with Crippen LogP contribution in [0.15, 0.2) is 12.5 Å². The molecule has 6 nitrogen and oxygen atoms in total. The molecule has 0 fully saturated rings. The minimum atomic E-state index is -0.480. The van der Waals surface area contributed by atoms with Gasteiger partial charge in [-0.25, -0.2) is 9.78 Å². The van der Waals surface area contributed by atoms with Crippen molar-refractivity contribution < 1.29 is 9.53 Å². The van der Waals surface area contributed by atoms with Gasteiger partial charge >= 0.3 is 6.09 Å². The molecule has 0 aliphatic heterocycles. The van der Waals surface area contributed by atoms with Crippen molar-refractivity contribution in [2.75, 3.05) is 6.54 Å². The van der Waals surface area contributed by atoms with Gasteiger partial charge < -0.3 is 19.9 Å². The van der Waals surface area contributed by atoms with Crippen LogP contribution in [0.3, 0.4) is 0 Å². The van der Waals surface area contributed by atoms with Crippen LogP contribution in [-0.4, -0.2) is 33.8 Å². The van der Waals surface area contributed by atoms with Crippen LogP contribution in [0.5, 0.6) is 0 Å². The fraction of sp³-hybridized carbons (Fsp3) is 0.765. The summed E-state index contributed by atoms with van der Waals surface area (Å²) >= 11 is 0. The van der Waals surface area contributed by atoms with Crippen LogP contribution in [0.4, 0.5) is 4.79 Å². The smallest absolute Gasteiger partial charge is 0.407 e. The van der Waals surface area contributed by atoms with E-state index in [0.717, 1.165) is 25.2 Å². The molecule has 1 aromatic rings. The molecule has 0 aliphatic carbocycles. The number of imidazole rings is 1. The van der Waals surface area contributed by atoms with E-state index in [-0.39, 0.29) is 12.1 Å². The average Bonchev–Trinajstić information content (AvgIpc) is 2.83. The van der Waals surface area contributed by atoms with Crippen LogP contribution in [0, 0.1) is 5.92 Å². The lowest BCUT2D eigenvalue weighted by atomic mass is 10.0. The molecule has 0 spiro atoms. The third kappa shape index (κ3) is 7.50. The molecule has 1 amide bonds. The molecule has 23 heavy (non-hydrogen) atoms. The molecule has 1 heterocycles. The molecular formula is C17H32N4O2. The summed E-state index contributed by atoms with van der Waals surface area (Å²) < 4.78 is 7.48. The average molecular weight is 324 g/mol. The minimum absolute atomic E-state index is 0.0207. The van der Waals surface area contributed by atoms with Gasteiger partial charge in [-0.3, -0.25) is 0 Å². The summed E-state index contributed by atoms with van der Waals surface area (Å²) in [5.41, 5.74) is 0.678. The van der Waals surface area contributed by atoms with Crippen molar-refractivity contribution >= 4 is 6.09 Å². The third-order valence-electron chi connectivity index (χ3n) is 3.44. The molecule has 0 bridgehead atoms. The molecule has 132 valence electrons. The Kier molecular flexibility index (Phi) is 7.55. The molecule has 0 aliphatic rings. The summed E-state index contributed by atoms with van der Waals surface area (Å²) in [5, 5.41) is 6.35. The van der Waals surface area contributed by atoms with E-state index in [0.29, 0.717) is 12.5 Å². The van der Waals surface area contributed by atoms with E-state index < -0.39 is 5.60 Å². The van der Waals surface area contributed by atoms with Crippen molar-refractivity contribution in [3.63, 3.8) is 0 Å². The summed E-state index contributed by atoms with van der Waals surface area (Å²) in [6.45, 7) is 14.3. The summed E-state index contributed by atoms with van der Waals surface area (Å²) in [6, 6.07) is 0.0207. The Morgan fingerprint density at radius 3 is 2.65 bits per heavy atom. The highest BCUT2D eigenvalue weighted by atomic mass is 16.6. The molecule has 1 rings (SSSR count). The number of rotatable bonds is 8. The van der Waals surface area contributed by atoms with Gasteiger partial charge in [0.1, 0.15) is 5.60 Å². The topological polar surface area (TPSA) is 68.2 Å². The lowest BCUT2D eigenvalue weighted by Gasteiger charge is -2.26. The summed E-state index contributed by atoms with van der Waals surface area (Å²) in [7, 11) is 0. The predicted molar refractivity (Wildman–Crippen MR) is 92.2 cm³/mol. The Bertz CT molecular complexity index is 477. The van der Waals surface area contributed by atoms with Gasteiger partial charge in [-0.05, 0) is 33.1 Å². The highest BCUT2D eigenvalue weighted by Crippen LogP contribution is 2.08. The molecule has 0 saturated carbocycles. The molecule has 1 aromatic heterocycles. The summed E-state index contributed by atoms with van der Waals surface area (Å²) in [5.74, 6) is 0.315. The highest BCUT2D eigenvalue weighted by Gasteiger charge is 2.21. The van der Waals surface area contributed by atoms with Gasteiger partial charge in [-0.2, -0.15) is 0 Å². The number of carbonyl (C=O) groups excluding carboxylic acids is 1. The molecular weight excluding hydrogens is 292 g/mol. The SMILES string of the molecule is CCCn1cncc1CNCC(NC(=O)OC(C)(C)C)C(C)C. The van der Waals surface area contributed by atoms with Crippen LogP contribution >= 0.6 is 0 Å². The first-order valence-electron chi connectivity index (χ1n) is 8.42. The number of hydrogen-bond acceptors (Lipinski definition) is 4. The van der Waals surface area contributed by atoms with Crippen LogP contribution in [-0.2, 0) is 17.8 Å². The Morgan fingerprint density at radius 1 is 1.39 bits per heavy atom. The molecule has 1 unspecified atom stereocenters. The second kappa shape index (κ2) is 8.91. The van der Waals surface area contributed by atoms with E-state index in [2.05, 4.69) is 41.0 Å². The third-order valence-corrected chi connectivity index (χ3v) is 3.44. The Morgan fingerprint density at radius 2 is 2.09 bits per heavy atom. The van der Waals surface area contributed by atoms with Gasteiger partial charge in [0, 0.05) is 31.9 Å². The number of hydrogen-bond donors (Lipinski definition) is 2. The lowest BCUT2D eigenvalue weighted by Crippen LogP contribution is -2.47. The Labute approximate surface area is 140 Å². The van der Waals surface area contributed by atoms with Crippen LogP contribution in [0.2, 0.25) is 0 Å². The van der Waals surface area contributed by atoms with Crippen LogP contribution < -0.4 is 10.6 Å². The zero-order valence-electron chi connectivity index (χ0n) is 15.3. The van der Waals surface area contributed by atoms with Crippen molar-refractivity contribution in [2.45, 2.75) is 72.7 Å². The van der Waals surface area contributed by atoms with Gasteiger partial charge in [0.25, 0.3) is 0 Å². The van der Waals surface area contributed by atoms with E-state index in [1.807, 2.05) is 33.3 Å². The zero-order chi connectivity index (χ0) is 17.5. The van der Waals surface area contributed by atoms with Gasteiger partial charge in [0.2, 0.25) is 0 Å². The molecule has 0 aromatic carbocycles. The fourth-order valence-corrected chi connectivity index (χ4v) is 2.21. The van der Waals surface area contributed by atoms with Crippen molar-refractivity contribution in [3.05, 3.63) is 18.2 Å². The minimum Gasteiger partial charge on any atom is -0.444 e. The number of amides is 1. The summed E-state index contributed by atoms with van der Waals surface area (Å²) in [6.07, 6.45) is 4.46. The van der Waals surface area contributed by atoms with E-state index in [4.69, 9.17) is 4.74 Å². The van der Waals surface area contributed by atoms with Crippen LogP contribution in [0.25, 0.3) is 0 Å². The molecule has 1 atom stereocenters. The van der Waals surface area contributed by atoms with Crippen molar-refractivity contribution in [3.8, 4) is 0 Å². The van der Waals surface area contributed by atoms with Crippen LogP contribution in [0.1, 0.15) is 53.7 Å². The molecule has 0 radical (unpaired) electrons. The first-order chi connectivity index (χ1) is 10.7. The number of ether oxygens (including phenoxy) is 1. The van der Waals surface area contributed by atoms with E-state index in [1.165, 1.54) is 0 Å². The highest BCUT2D eigenvalue weighted by molar-refractivity contribution is 5.68. The normalized spacial score (nSPS) is 13.2. The van der Waals surface area contributed by atoms with Gasteiger partial charge in [0.05, 0.1) is 12.0 Å². The number of carbonyl (C=O) groups is 1. The standard InChI is InChI=1S/C17H32N4O2/c1-7-8-21-12-19-10-14(21)9-18-11-15(13(2)3)20-16(22)23-17(4,5)6/h10,12-13,15,18H,7-9,11H2,1-6H3,(H,20,22). The van der Waals surface area contributed by atoms with E-state index in [1.54, 1.807) is 0 Å². The van der Waals surface area contributed by atoms with E-state index in [9.17, 15) is 4.79 Å². The molecule has 6 heteroatoms. The quantitative estimate of drug-likeness (QED) is 0.771. The lowest BCUT2D eigenvalue weighted by molar-refractivity contribution is 0.0490. The maximum Gasteiger partial charge on any atom is 0.407 e. The second-order valence-electron chi connectivity index (χ2n) is 7.21. The van der Waals surface area contributed by atoms with Crippen molar-refractivity contribution in [1.29, 1.82) is 0 Å². The zero-order valence-corrected chi connectivity index (χ0v) is 15.3. The predicted octanol–water partition coefficient (Wildman–Crippen LogP) is 2.93. The van der Waals surface area contributed by atoms with E-state index >= 15 is 0 Å². The first kappa shape index (κ1) is 19.5. The van der Waals surface area contributed by atoms with Gasteiger partial charge in [-0.15, -0.1) is 0 Å². The van der Waals surface area contributed by atoms with Gasteiger partial charge in [-0.1, -0.05) is 20.8 Å². The number of nitrogens with zero attached hydrogens (tertiary/aromatic N) is 2. The maximum atomic E-state index is 11.9. The number of nitrogens with one attached hydrogen (secondary N) is 2. The number of alkyl carbamates (subject to hydrolysis) is 1. The fourth-order valence-electron chi connectivity index (χ4n) is 2.21. The monoisotopic (exact) mass is 324 g/mol.